The largest absolute Gasteiger partial charge is 0.465 e. The van der Waals surface area contributed by atoms with Gasteiger partial charge in [-0.05, 0) is 33.6 Å². The number of carbonyl (C=O) groups excluding carboxylic acids is 2. The van der Waals surface area contributed by atoms with E-state index < -0.39 is 5.54 Å². The minimum atomic E-state index is -0.572. The molecule has 6 heteroatoms. The highest BCUT2D eigenvalue weighted by Crippen LogP contribution is 2.30. The fourth-order valence-corrected chi connectivity index (χ4v) is 2.81. The van der Waals surface area contributed by atoms with Crippen molar-refractivity contribution in [1.29, 1.82) is 0 Å². The standard InChI is InChI=1S/C15H27N3O3/c1-4-21-13(19)11-18(12-5-6-12)14(20)15(2,3)17-9-7-16-8-10-17/h12,16H,4-11H2,1-3H3. The summed E-state index contributed by atoms with van der Waals surface area (Å²) >= 11 is 0. The first-order chi connectivity index (χ1) is 9.96. The fraction of sp³-hybridized carbons (Fsp3) is 0.867. The molecule has 0 spiro atoms. The fourth-order valence-electron chi connectivity index (χ4n) is 2.81. The van der Waals surface area contributed by atoms with E-state index in [2.05, 4.69) is 10.2 Å². The summed E-state index contributed by atoms with van der Waals surface area (Å²) in [6.45, 7) is 9.65. The van der Waals surface area contributed by atoms with Gasteiger partial charge in [-0.1, -0.05) is 0 Å². The van der Waals surface area contributed by atoms with Crippen LogP contribution in [0.5, 0.6) is 0 Å². The van der Waals surface area contributed by atoms with Crippen LogP contribution in [0.25, 0.3) is 0 Å². The SMILES string of the molecule is CCOC(=O)CN(C(=O)C(C)(C)N1CCNCC1)C1CC1. The van der Waals surface area contributed by atoms with Crippen LogP contribution in [0.4, 0.5) is 0 Å². The molecule has 0 atom stereocenters. The van der Waals surface area contributed by atoms with Gasteiger partial charge in [-0.3, -0.25) is 14.5 Å². The second-order valence-corrected chi connectivity index (χ2v) is 6.27. The molecule has 0 radical (unpaired) electrons. The first-order valence-electron chi connectivity index (χ1n) is 7.89. The summed E-state index contributed by atoms with van der Waals surface area (Å²) < 4.78 is 5.00. The molecule has 1 saturated heterocycles. The molecular weight excluding hydrogens is 270 g/mol. The predicted octanol–water partition coefficient (Wildman–Crippen LogP) is 0.224. The predicted molar refractivity (Wildman–Crippen MR) is 79.9 cm³/mol. The maximum Gasteiger partial charge on any atom is 0.325 e. The molecule has 2 aliphatic rings. The van der Waals surface area contributed by atoms with Crippen molar-refractivity contribution in [3.8, 4) is 0 Å². The van der Waals surface area contributed by atoms with E-state index in [4.69, 9.17) is 4.74 Å². The average Bonchev–Trinajstić information content (AvgIpc) is 3.30. The molecule has 0 aromatic carbocycles. The van der Waals surface area contributed by atoms with Gasteiger partial charge in [0.15, 0.2) is 0 Å². The molecule has 0 bridgehead atoms. The molecule has 0 aromatic heterocycles. The van der Waals surface area contributed by atoms with Crippen LogP contribution >= 0.6 is 0 Å². The van der Waals surface area contributed by atoms with Crippen LogP contribution in [0.2, 0.25) is 0 Å². The summed E-state index contributed by atoms with van der Waals surface area (Å²) in [5.41, 5.74) is -0.572. The van der Waals surface area contributed by atoms with Gasteiger partial charge >= 0.3 is 5.97 Å². The molecule has 0 unspecified atom stereocenters. The Balaban J connectivity index is 2.04. The smallest absolute Gasteiger partial charge is 0.325 e. The second-order valence-electron chi connectivity index (χ2n) is 6.27. The molecule has 1 aliphatic heterocycles. The highest BCUT2D eigenvalue weighted by molar-refractivity contribution is 5.89. The quantitative estimate of drug-likeness (QED) is 0.711. The third kappa shape index (κ3) is 3.95. The average molecular weight is 297 g/mol. The van der Waals surface area contributed by atoms with Crippen molar-refractivity contribution in [2.75, 3.05) is 39.3 Å². The van der Waals surface area contributed by atoms with Gasteiger partial charge in [0.25, 0.3) is 0 Å². The molecule has 120 valence electrons. The Hall–Kier alpha value is -1.14. The highest BCUT2D eigenvalue weighted by atomic mass is 16.5. The van der Waals surface area contributed by atoms with E-state index in [0.29, 0.717) is 6.61 Å². The number of esters is 1. The Kier molecular flexibility index (Phi) is 5.22. The van der Waals surface area contributed by atoms with Crippen LogP contribution in [0.1, 0.15) is 33.6 Å². The summed E-state index contributed by atoms with van der Waals surface area (Å²) in [5.74, 6) is -0.270. The lowest BCUT2D eigenvalue weighted by molar-refractivity contribution is -0.154. The monoisotopic (exact) mass is 297 g/mol. The lowest BCUT2D eigenvalue weighted by atomic mass is 9.99. The van der Waals surface area contributed by atoms with Gasteiger partial charge in [0.05, 0.1) is 12.1 Å². The Morgan fingerprint density at radius 1 is 1.29 bits per heavy atom. The van der Waals surface area contributed by atoms with E-state index in [1.807, 2.05) is 13.8 Å². The van der Waals surface area contributed by atoms with E-state index >= 15 is 0 Å². The van der Waals surface area contributed by atoms with Gasteiger partial charge in [-0.15, -0.1) is 0 Å². The van der Waals surface area contributed by atoms with Gasteiger partial charge in [0.1, 0.15) is 6.54 Å². The zero-order chi connectivity index (χ0) is 15.5. The van der Waals surface area contributed by atoms with E-state index in [0.717, 1.165) is 39.0 Å². The van der Waals surface area contributed by atoms with Crippen molar-refractivity contribution in [1.82, 2.24) is 15.1 Å². The molecule has 1 N–H and O–H groups in total. The van der Waals surface area contributed by atoms with Crippen molar-refractivity contribution < 1.29 is 14.3 Å². The molecule has 2 fully saturated rings. The van der Waals surface area contributed by atoms with E-state index in [1.54, 1.807) is 11.8 Å². The maximum absolute atomic E-state index is 12.9. The molecule has 1 aliphatic carbocycles. The lowest BCUT2D eigenvalue weighted by Gasteiger charge is -2.42. The van der Waals surface area contributed by atoms with Crippen LogP contribution in [0, 0.1) is 0 Å². The third-order valence-electron chi connectivity index (χ3n) is 4.28. The maximum atomic E-state index is 12.9. The van der Waals surface area contributed by atoms with Crippen molar-refractivity contribution >= 4 is 11.9 Å². The molecule has 21 heavy (non-hydrogen) atoms. The van der Waals surface area contributed by atoms with E-state index in [9.17, 15) is 9.59 Å². The molecule has 2 rings (SSSR count). The topological polar surface area (TPSA) is 61.9 Å². The number of nitrogens with one attached hydrogen (secondary N) is 1. The van der Waals surface area contributed by atoms with Gasteiger partial charge in [0.2, 0.25) is 5.91 Å². The zero-order valence-corrected chi connectivity index (χ0v) is 13.4. The number of carbonyl (C=O) groups is 2. The summed E-state index contributed by atoms with van der Waals surface area (Å²) in [6, 6.07) is 0.212. The molecule has 1 heterocycles. The van der Waals surface area contributed by atoms with Crippen LogP contribution in [0.15, 0.2) is 0 Å². The van der Waals surface area contributed by atoms with E-state index in [1.165, 1.54) is 0 Å². The first-order valence-corrected chi connectivity index (χ1v) is 7.89. The van der Waals surface area contributed by atoms with Gasteiger partial charge < -0.3 is 15.0 Å². The molecule has 1 amide bonds. The summed E-state index contributed by atoms with van der Waals surface area (Å²) in [6.07, 6.45) is 1.98. The number of rotatable bonds is 6. The van der Waals surface area contributed by atoms with Crippen molar-refractivity contribution in [2.45, 2.75) is 45.2 Å². The molecular formula is C15H27N3O3. The zero-order valence-electron chi connectivity index (χ0n) is 13.4. The van der Waals surface area contributed by atoms with Gasteiger partial charge in [-0.2, -0.15) is 0 Å². The Morgan fingerprint density at radius 2 is 1.90 bits per heavy atom. The normalized spacial score (nSPS) is 20.1. The number of nitrogens with zero attached hydrogens (tertiary/aromatic N) is 2. The Morgan fingerprint density at radius 3 is 2.43 bits per heavy atom. The van der Waals surface area contributed by atoms with Gasteiger partial charge in [0, 0.05) is 32.2 Å². The van der Waals surface area contributed by atoms with Crippen molar-refractivity contribution in [3.63, 3.8) is 0 Å². The Labute approximate surface area is 126 Å². The number of hydrogen-bond donors (Lipinski definition) is 1. The summed E-state index contributed by atoms with van der Waals surface area (Å²) in [4.78, 5) is 28.6. The third-order valence-corrected chi connectivity index (χ3v) is 4.28. The van der Waals surface area contributed by atoms with Crippen LogP contribution < -0.4 is 5.32 Å². The molecule has 0 aromatic rings. The second kappa shape index (κ2) is 6.75. The molecule has 1 saturated carbocycles. The van der Waals surface area contributed by atoms with Crippen LogP contribution in [0.3, 0.4) is 0 Å². The number of amides is 1. The summed E-state index contributed by atoms with van der Waals surface area (Å²) in [5, 5.41) is 3.30. The van der Waals surface area contributed by atoms with Crippen molar-refractivity contribution in [3.05, 3.63) is 0 Å². The lowest BCUT2D eigenvalue weighted by Crippen LogP contribution is -2.61. The first kappa shape index (κ1) is 16.2. The van der Waals surface area contributed by atoms with Gasteiger partial charge in [-0.25, -0.2) is 0 Å². The van der Waals surface area contributed by atoms with E-state index in [-0.39, 0.29) is 24.5 Å². The number of hydrogen-bond acceptors (Lipinski definition) is 5. The minimum absolute atomic E-state index is 0.0416. The number of ether oxygens (including phenoxy) is 1. The molecule has 6 nitrogen and oxygen atoms in total. The van der Waals surface area contributed by atoms with Crippen LogP contribution in [-0.2, 0) is 14.3 Å². The number of piperazine rings is 1. The Bertz CT molecular complexity index is 388. The summed E-state index contributed by atoms with van der Waals surface area (Å²) in [7, 11) is 0. The highest BCUT2D eigenvalue weighted by Gasteiger charge is 2.43. The van der Waals surface area contributed by atoms with Crippen molar-refractivity contribution in [2.24, 2.45) is 0 Å². The minimum Gasteiger partial charge on any atom is -0.465 e. The van der Waals surface area contributed by atoms with Crippen LogP contribution in [-0.4, -0.2) is 72.6 Å².